The summed E-state index contributed by atoms with van der Waals surface area (Å²) in [5.74, 6) is 0.484. The van der Waals surface area contributed by atoms with Gasteiger partial charge < -0.3 is 19.9 Å². The van der Waals surface area contributed by atoms with Crippen LogP contribution in [0.2, 0.25) is 0 Å². The number of piperidine rings is 2. The van der Waals surface area contributed by atoms with Gasteiger partial charge in [0.25, 0.3) is 0 Å². The van der Waals surface area contributed by atoms with Gasteiger partial charge in [-0.1, -0.05) is 30.3 Å². The maximum absolute atomic E-state index is 5.44. The van der Waals surface area contributed by atoms with E-state index in [1.54, 1.807) is 7.11 Å². The molecular formula is C21H31N5OS. The normalized spacial score (nSPS) is 32.3. The Hall–Kier alpha value is -1.54. The lowest BCUT2D eigenvalue weighted by Crippen LogP contribution is -2.62. The standard InChI is InChI=1S/C21H31N5OS/c1-27-11-5-8-22-20(28)24-23-19-18-13-25-9-10-26(14-18)16-21(19,15-25)12-17-6-3-2-4-7-17/h2-4,6-7,18H,5,8-16H2,1H3,(H2,22,24,28)/b23-19-. The Morgan fingerprint density at radius 3 is 2.61 bits per heavy atom. The first-order chi connectivity index (χ1) is 13.7. The van der Waals surface area contributed by atoms with Crippen molar-refractivity contribution in [1.29, 1.82) is 0 Å². The lowest BCUT2D eigenvalue weighted by molar-refractivity contribution is 0.117. The highest BCUT2D eigenvalue weighted by molar-refractivity contribution is 7.80. The van der Waals surface area contributed by atoms with Crippen LogP contribution in [0, 0.1) is 11.3 Å². The van der Waals surface area contributed by atoms with Gasteiger partial charge in [0.15, 0.2) is 5.11 Å². The summed E-state index contributed by atoms with van der Waals surface area (Å²) in [7, 11) is 1.72. The molecule has 0 saturated carbocycles. The number of nitrogens with zero attached hydrogens (tertiary/aromatic N) is 3. The van der Waals surface area contributed by atoms with Gasteiger partial charge in [-0.3, -0.25) is 5.43 Å². The van der Waals surface area contributed by atoms with Crippen LogP contribution in [-0.4, -0.2) is 80.2 Å². The molecule has 4 heterocycles. The Labute approximate surface area is 173 Å². The lowest BCUT2D eigenvalue weighted by Gasteiger charge is -2.50. The van der Waals surface area contributed by atoms with E-state index in [1.165, 1.54) is 24.4 Å². The minimum absolute atomic E-state index is 0.0671. The number of methoxy groups -OCH3 is 1. The average molecular weight is 402 g/mol. The number of hydrogen-bond acceptors (Lipinski definition) is 5. The van der Waals surface area contributed by atoms with E-state index in [1.807, 2.05) is 0 Å². The second-order valence-corrected chi connectivity index (χ2v) is 8.73. The number of rotatable bonds is 7. The van der Waals surface area contributed by atoms with E-state index in [-0.39, 0.29) is 5.41 Å². The van der Waals surface area contributed by atoms with E-state index in [9.17, 15) is 0 Å². The lowest BCUT2D eigenvalue weighted by atomic mass is 9.67. The minimum atomic E-state index is 0.0671. The monoisotopic (exact) mass is 401 g/mol. The molecule has 152 valence electrons. The van der Waals surface area contributed by atoms with Crippen molar-refractivity contribution in [1.82, 2.24) is 20.5 Å². The molecule has 2 atom stereocenters. The number of thiocarbonyl (C=S) groups is 1. The molecule has 2 unspecified atom stereocenters. The van der Waals surface area contributed by atoms with Crippen molar-refractivity contribution in [2.24, 2.45) is 16.4 Å². The fraction of sp³-hybridized carbons (Fsp3) is 0.619. The van der Waals surface area contributed by atoms with Crippen molar-refractivity contribution in [2.45, 2.75) is 12.8 Å². The highest BCUT2D eigenvalue weighted by atomic mass is 32.1. The zero-order valence-electron chi connectivity index (χ0n) is 16.7. The van der Waals surface area contributed by atoms with Gasteiger partial charge in [0.2, 0.25) is 0 Å². The van der Waals surface area contributed by atoms with Gasteiger partial charge in [-0.15, -0.1) is 0 Å². The Kier molecular flexibility index (Phi) is 6.25. The molecule has 0 aliphatic carbocycles. The van der Waals surface area contributed by atoms with Crippen LogP contribution >= 0.6 is 12.2 Å². The molecule has 0 spiro atoms. The van der Waals surface area contributed by atoms with Gasteiger partial charge in [0.1, 0.15) is 0 Å². The molecule has 4 aliphatic heterocycles. The predicted molar refractivity (Wildman–Crippen MR) is 117 cm³/mol. The summed E-state index contributed by atoms with van der Waals surface area (Å²) in [6.45, 7) is 8.28. The topological polar surface area (TPSA) is 52.1 Å². The van der Waals surface area contributed by atoms with Crippen molar-refractivity contribution in [3.63, 3.8) is 0 Å². The highest BCUT2D eigenvalue weighted by Gasteiger charge is 2.52. The number of nitrogens with one attached hydrogen (secondary N) is 2. The van der Waals surface area contributed by atoms with Crippen LogP contribution in [-0.2, 0) is 11.2 Å². The number of hydrogen-bond donors (Lipinski definition) is 2. The molecule has 0 radical (unpaired) electrons. The largest absolute Gasteiger partial charge is 0.385 e. The molecule has 2 N–H and O–H groups in total. The Morgan fingerprint density at radius 2 is 1.93 bits per heavy atom. The van der Waals surface area contributed by atoms with E-state index < -0.39 is 0 Å². The summed E-state index contributed by atoms with van der Waals surface area (Å²) in [5, 5.41) is 8.74. The molecule has 4 aliphatic rings. The fourth-order valence-electron chi connectivity index (χ4n) is 5.08. The van der Waals surface area contributed by atoms with E-state index >= 15 is 0 Å². The Bertz CT molecular complexity index is 694. The fourth-order valence-corrected chi connectivity index (χ4v) is 5.22. The maximum Gasteiger partial charge on any atom is 0.186 e. The van der Waals surface area contributed by atoms with E-state index in [0.29, 0.717) is 11.0 Å². The summed E-state index contributed by atoms with van der Waals surface area (Å²) in [6.07, 6.45) is 1.96. The molecule has 6 nitrogen and oxygen atoms in total. The van der Waals surface area contributed by atoms with Gasteiger partial charge in [0, 0.05) is 70.9 Å². The van der Waals surface area contributed by atoms with Crippen molar-refractivity contribution in [3.8, 4) is 0 Å². The Balaban J connectivity index is 1.51. The van der Waals surface area contributed by atoms with Crippen LogP contribution in [0.15, 0.2) is 35.4 Å². The molecular weight excluding hydrogens is 370 g/mol. The zero-order valence-corrected chi connectivity index (χ0v) is 17.5. The highest BCUT2D eigenvalue weighted by Crippen LogP contribution is 2.40. The average Bonchev–Trinajstić information content (AvgIpc) is 2.93. The van der Waals surface area contributed by atoms with Crippen LogP contribution in [0.1, 0.15) is 12.0 Å². The van der Waals surface area contributed by atoms with Gasteiger partial charge >= 0.3 is 0 Å². The number of benzene rings is 1. The van der Waals surface area contributed by atoms with Crippen molar-refractivity contribution in [3.05, 3.63) is 35.9 Å². The Morgan fingerprint density at radius 1 is 1.21 bits per heavy atom. The zero-order chi connectivity index (χ0) is 19.4. The van der Waals surface area contributed by atoms with Crippen molar-refractivity contribution >= 4 is 23.0 Å². The maximum atomic E-state index is 5.44. The van der Waals surface area contributed by atoms with E-state index in [4.69, 9.17) is 22.1 Å². The third-order valence-electron chi connectivity index (χ3n) is 6.15. The summed E-state index contributed by atoms with van der Waals surface area (Å²) in [5.41, 5.74) is 5.92. The number of fused-ring (bicyclic) bond motifs is 1. The summed E-state index contributed by atoms with van der Waals surface area (Å²) < 4.78 is 5.08. The first-order valence-corrected chi connectivity index (χ1v) is 10.7. The molecule has 7 heteroatoms. The van der Waals surface area contributed by atoms with Gasteiger partial charge in [0.05, 0.1) is 5.71 Å². The van der Waals surface area contributed by atoms with Crippen LogP contribution in [0.4, 0.5) is 0 Å². The molecule has 28 heavy (non-hydrogen) atoms. The van der Waals surface area contributed by atoms with Crippen molar-refractivity contribution < 1.29 is 4.74 Å². The predicted octanol–water partition coefficient (Wildman–Crippen LogP) is 1.33. The van der Waals surface area contributed by atoms with Crippen LogP contribution in [0.5, 0.6) is 0 Å². The SMILES string of the molecule is COCCCNC(=S)N/N=C1/C2CN3CCN(C2)CC1(Cc1ccccc1)C3. The molecule has 4 bridgehead atoms. The molecule has 0 amide bonds. The molecule has 1 aromatic rings. The van der Waals surface area contributed by atoms with E-state index in [0.717, 1.165) is 52.2 Å². The van der Waals surface area contributed by atoms with Crippen LogP contribution < -0.4 is 10.7 Å². The van der Waals surface area contributed by atoms with E-state index in [2.05, 4.69) is 50.9 Å². The number of hydrazone groups is 1. The quantitative estimate of drug-likeness (QED) is 0.409. The second-order valence-electron chi connectivity index (χ2n) is 8.32. The number of ether oxygens (including phenoxy) is 1. The minimum Gasteiger partial charge on any atom is -0.385 e. The van der Waals surface area contributed by atoms with Crippen LogP contribution in [0.25, 0.3) is 0 Å². The third kappa shape index (κ3) is 4.38. The first kappa shape index (κ1) is 19.8. The first-order valence-electron chi connectivity index (χ1n) is 10.3. The molecule has 5 rings (SSSR count). The summed E-state index contributed by atoms with van der Waals surface area (Å²) in [4.78, 5) is 5.28. The second kappa shape index (κ2) is 8.86. The smallest absolute Gasteiger partial charge is 0.186 e. The summed E-state index contributed by atoms with van der Waals surface area (Å²) >= 11 is 5.44. The van der Waals surface area contributed by atoms with Gasteiger partial charge in [-0.25, -0.2) is 0 Å². The molecule has 0 aromatic heterocycles. The molecule has 1 aromatic carbocycles. The van der Waals surface area contributed by atoms with Crippen LogP contribution in [0.3, 0.4) is 0 Å². The molecule has 4 saturated heterocycles. The third-order valence-corrected chi connectivity index (χ3v) is 6.38. The van der Waals surface area contributed by atoms with Gasteiger partial charge in [-0.2, -0.15) is 5.10 Å². The van der Waals surface area contributed by atoms with Crippen molar-refractivity contribution in [2.75, 3.05) is 59.5 Å². The summed E-state index contributed by atoms with van der Waals surface area (Å²) in [6, 6.07) is 10.8. The molecule has 4 fully saturated rings. The van der Waals surface area contributed by atoms with Gasteiger partial charge in [-0.05, 0) is 30.6 Å².